The summed E-state index contributed by atoms with van der Waals surface area (Å²) in [5.41, 5.74) is 2.42. The van der Waals surface area contributed by atoms with E-state index in [-0.39, 0.29) is 0 Å². The monoisotopic (exact) mass is 138 g/mol. The Labute approximate surface area is 58.3 Å². The third kappa shape index (κ3) is 1.01. The maximum absolute atomic E-state index is 2.42. The van der Waals surface area contributed by atoms with Crippen LogP contribution in [0.5, 0.6) is 0 Å². The van der Waals surface area contributed by atoms with Gasteiger partial charge < -0.3 is 0 Å². The Hall–Kier alpha value is -0.303. The second-order valence-corrected chi connectivity index (χ2v) is 7.64. The molecular weight excluding hydrogens is 124 g/mol. The second kappa shape index (κ2) is 2.14. The fraction of sp³-hybridized carbons (Fsp3) is 0.500. The first-order valence-electron chi connectivity index (χ1n) is 3.55. The molecule has 9 heavy (non-hydrogen) atoms. The van der Waals surface area contributed by atoms with E-state index in [1.165, 1.54) is 6.04 Å². The lowest BCUT2D eigenvalue weighted by Gasteiger charge is -2.18. The molecule has 50 valence electrons. The van der Waals surface area contributed by atoms with E-state index >= 15 is 0 Å². The summed E-state index contributed by atoms with van der Waals surface area (Å²) >= 11 is 0. The van der Waals surface area contributed by atoms with Gasteiger partial charge in [0.15, 0.2) is 0 Å². The van der Waals surface area contributed by atoms with E-state index in [0.29, 0.717) is 0 Å². The molecule has 1 atom stereocenters. The Balaban J connectivity index is 2.82. The van der Waals surface area contributed by atoms with E-state index in [0.717, 1.165) is 0 Å². The molecule has 1 aliphatic rings. The second-order valence-electron chi connectivity index (χ2n) is 2.98. The zero-order chi connectivity index (χ0) is 6.91. The van der Waals surface area contributed by atoms with Crippen molar-refractivity contribution in [1.82, 2.24) is 0 Å². The van der Waals surface area contributed by atoms with Gasteiger partial charge in [-0.2, -0.15) is 0 Å². The summed E-state index contributed by atoms with van der Waals surface area (Å²) in [6, 6.07) is 1.35. The standard InChI is InChI=1S/C8H14Si/c1-4-9(3)7-5-6-8(9)2/h5-7H,4H2,1-3H3. The average Bonchev–Trinajstić information content (AvgIpc) is 2.15. The van der Waals surface area contributed by atoms with Gasteiger partial charge in [-0.3, -0.25) is 0 Å². The lowest BCUT2D eigenvalue weighted by atomic mass is 10.5. The molecule has 0 aromatic carbocycles. The van der Waals surface area contributed by atoms with Crippen molar-refractivity contribution in [2.45, 2.75) is 26.4 Å². The minimum Gasteiger partial charge on any atom is -0.0904 e. The highest BCUT2D eigenvalue weighted by atomic mass is 28.3. The van der Waals surface area contributed by atoms with Crippen LogP contribution in [0, 0.1) is 0 Å². The van der Waals surface area contributed by atoms with Crippen LogP contribution in [-0.2, 0) is 0 Å². The molecule has 1 aliphatic heterocycles. The molecule has 0 saturated carbocycles. The highest BCUT2D eigenvalue weighted by molar-refractivity contribution is 6.90. The first kappa shape index (κ1) is 6.81. The van der Waals surface area contributed by atoms with E-state index < -0.39 is 8.07 Å². The summed E-state index contributed by atoms with van der Waals surface area (Å²) in [6.45, 7) is 6.97. The molecule has 0 fully saturated rings. The highest BCUT2D eigenvalue weighted by Crippen LogP contribution is 2.24. The third-order valence-electron chi connectivity index (χ3n) is 2.45. The van der Waals surface area contributed by atoms with Gasteiger partial charge in [0, 0.05) is 0 Å². The van der Waals surface area contributed by atoms with Crippen molar-refractivity contribution in [2.75, 3.05) is 0 Å². The smallest absolute Gasteiger partial charge is 0.0904 e. The Morgan fingerprint density at radius 3 is 2.44 bits per heavy atom. The van der Waals surface area contributed by atoms with E-state index in [4.69, 9.17) is 0 Å². The highest BCUT2D eigenvalue weighted by Gasteiger charge is 2.25. The van der Waals surface area contributed by atoms with E-state index in [1.54, 1.807) is 5.20 Å². The van der Waals surface area contributed by atoms with Crippen molar-refractivity contribution in [3.8, 4) is 0 Å². The molecule has 0 bridgehead atoms. The zero-order valence-corrected chi connectivity index (χ0v) is 7.44. The fourth-order valence-corrected chi connectivity index (χ4v) is 3.18. The SMILES string of the molecule is CC[Si]1(C)C=CC=C1C. The van der Waals surface area contributed by atoms with Crippen LogP contribution in [0.3, 0.4) is 0 Å². The van der Waals surface area contributed by atoms with Gasteiger partial charge in [-0.1, -0.05) is 42.6 Å². The molecule has 0 spiro atoms. The molecule has 1 rings (SSSR count). The van der Waals surface area contributed by atoms with E-state index in [1.807, 2.05) is 0 Å². The maximum Gasteiger partial charge on any atom is 0.101 e. The van der Waals surface area contributed by atoms with Crippen LogP contribution in [0.15, 0.2) is 23.0 Å². The lowest BCUT2D eigenvalue weighted by molar-refractivity contribution is 1.36. The molecule has 1 unspecified atom stereocenters. The number of hydrogen-bond acceptors (Lipinski definition) is 0. The van der Waals surface area contributed by atoms with Crippen LogP contribution in [0.4, 0.5) is 0 Å². The molecule has 0 aromatic heterocycles. The molecule has 1 heterocycles. The van der Waals surface area contributed by atoms with Gasteiger partial charge in [0.1, 0.15) is 8.07 Å². The molecule has 0 radical (unpaired) electrons. The molecule has 0 amide bonds. The van der Waals surface area contributed by atoms with E-state index in [9.17, 15) is 0 Å². The summed E-state index contributed by atoms with van der Waals surface area (Å²) in [6.07, 6.45) is 4.47. The van der Waals surface area contributed by atoms with Gasteiger partial charge in [-0.15, -0.1) is 0 Å². The molecule has 0 saturated heterocycles. The van der Waals surface area contributed by atoms with Crippen molar-refractivity contribution >= 4 is 8.07 Å². The predicted molar refractivity (Wildman–Crippen MR) is 45.0 cm³/mol. The molecule has 0 aliphatic carbocycles. The minimum atomic E-state index is -0.983. The zero-order valence-electron chi connectivity index (χ0n) is 6.44. The van der Waals surface area contributed by atoms with Crippen molar-refractivity contribution in [3.05, 3.63) is 23.0 Å². The number of allylic oxidation sites excluding steroid dienone is 3. The van der Waals surface area contributed by atoms with Crippen LogP contribution >= 0.6 is 0 Å². The Morgan fingerprint density at radius 1 is 1.56 bits per heavy atom. The maximum atomic E-state index is 2.42. The first-order chi connectivity index (χ1) is 4.19. The van der Waals surface area contributed by atoms with Gasteiger partial charge >= 0.3 is 0 Å². The van der Waals surface area contributed by atoms with Crippen LogP contribution in [-0.4, -0.2) is 8.07 Å². The summed E-state index contributed by atoms with van der Waals surface area (Å²) in [7, 11) is -0.983. The molecule has 0 N–H and O–H groups in total. The van der Waals surface area contributed by atoms with Crippen LogP contribution in [0.25, 0.3) is 0 Å². The van der Waals surface area contributed by atoms with Gasteiger partial charge in [0.25, 0.3) is 0 Å². The topological polar surface area (TPSA) is 0 Å². The summed E-state index contributed by atoms with van der Waals surface area (Å²) < 4.78 is 0. The van der Waals surface area contributed by atoms with Gasteiger partial charge in [-0.05, 0) is 6.92 Å². The quantitative estimate of drug-likeness (QED) is 0.489. The molecular formula is C8H14Si. The largest absolute Gasteiger partial charge is 0.101 e. The molecule has 0 nitrogen and oxygen atoms in total. The summed E-state index contributed by atoms with van der Waals surface area (Å²) in [4.78, 5) is 0. The average molecular weight is 138 g/mol. The summed E-state index contributed by atoms with van der Waals surface area (Å²) in [5.74, 6) is 0. The van der Waals surface area contributed by atoms with E-state index in [2.05, 4.69) is 38.2 Å². The van der Waals surface area contributed by atoms with Crippen LogP contribution in [0.2, 0.25) is 12.6 Å². The minimum absolute atomic E-state index is 0.983. The Bertz CT molecular complexity index is 167. The van der Waals surface area contributed by atoms with Gasteiger partial charge in [0.2, 0.25) is 0 Å². The van der Waals surface area contributed by atoms with Crippen molar-refractivity contribution < 1.29 is 0 Å². The number of hydrogen-bond donors (Lipinski definition) is 0. The predicted octanol–water partition coefficient (Wildman–Crippen LogP) is 2.68. The normalized spacial score (nSPS) is 33.0. The van der Waals surface area contributed by atoms with Crippen LogP contribution < -0.4 is 0 Å². The Morgan fingerprint density at radius 2 is 2.22 bits per heavy atom. The third-order valence-corrected chi connectivity index (χ3v) is 6.81. The summed E-state index contributed by atoms with van der Waals surface area (Å²) in [5, 5.41) is 1.63. The number of rotatable bonds is 1. The van der Waals surface area contributed by atoms with Crippen molar-refractivity contribution in [1.29, 1.82) is 0 Å². The molecule has 0 aromatic rings. The van der Waals surface area contributed by atoms with Crippen molar-refractivity contribution in [2.24, 2.45) is 0 Å². The first-order valence-corrected chi connectivity index (χ1v) is 6.34. The van der Waals surface area contributed by atoms with Gasteiger partial charge in [0.05, 0.1) is 0 Å². The van der Waals surface area contributed by atoms with Gasteiger partial charge in [-0.25, -0.2) is 0 Å². The lowest BCUT2D eigenvalue weighted by Crippen LogP contribution is -2.25. The molecule has 1 heteroatoms. The fourth-order valence-electron chi connectivity index (χ4n) is 1.12. The Kier molecular flexibility index (Phi) is 1.62. The van der Waals surface area contributed by atoms with Crippen LogP contribution in [0.1, 0.15) is 13.8 Å². The van der Waals surface area contributed by atoms with Crippen molar-refractivity contribution in [3.63, 3.8) is 0 Å².